The standard InChI is InChI=1S/C24H23N3O.C12H12.C6H14/c1-3-20-5-4-12-27(20)24(28)22-13-16(2)26-23-11-10-19(14-21(22)23)18-8-6-17(15-25)7-9-18;1-2-10-7-8-11-5-3-4-6-12(11)9-10;1-3-5-6-4-2/h6-11,13-14,20H,3-5,12H2,1-2H3;3-9H,2H2,1H3;3-6H2,1-2H3. The average Bonchev–Trinajstić information content (AvgIpc) is 3.59. The fourth-order valence-electron chi connectivity index (χ4n) is 6.09. The number of amides is 1. The van der Waals surface area contributed by atoms with E-state index >= 15 is 0 Å². The number of pyridine rings is 1. The molecule has 6 rings (SSSR count). The van der Waals surface area contributed by atoms with Gasteiger partial charge in [-0.25, -0.2) is 0 Å². The van der Waals surface area contributed by atoms with E-state index in [0.717, 1.165) is 65.5 Å². The number of aromatic nitrogens is 1. The molecular weight excluding hydrogens is 562 g/mol. The monoisotopic (exact) mass is 611 g/mol. The van der Waals surface area contributed by atoms with Gasteiger partial charge in [-0.2, -0.15) is 5.26 Å². The summed E-state index contributed by atoms with van der Waals surface area (Å²) in [6.45, 7) is 11.6. The smallest absolute Gasteiger partial charge is 0.254 e. The number of benzene rings is 4. The Hall–Kier alpha value is -4.49. The highest BCUT2D eigenvalue weighted by molar-refractivity contribution is 6.07. The van der Waals surface area contributed by atoms with E-state index in [2.05, 4.69) is 81.2 Å². The second kappa shape index (κ2) is 17.3. The van der Waals surface area contributed by atoms with E-state index in [0.29, 0.717) is 11.6 Å². The lowest BCUT2D eigenvalue weighted by molar-refractivity contribution is 0.0735. The number of hydrogen-bond acceptors (Lipinski definition) is 3. The minimum atomic E-state index is 0.108. The summed E-state index contributed by atoms with van der Waals surface area (Å²) in [5.74, 6) is 0.108. The van der Waals surface area contributed by atoms with Gasteiger partial charge in [-0.15, -0.1) is 0 Å². The summed E-state index contributed by atoms with van der Waals surface area (Å²) in [7, 11) is 0. The number of carbonyl (C=O) groups is 1. The summed E-state index contributed by atoms with van der Waals surface area (Å²) < 4.78 is 0. The van der Waals surface area contributed by atoms with Crippen molar-refractivity contribution in [3.8, 4) is 17.2 Å². The molecule has 0 N–H and O–H groups in total. The van der Waals surface area contributed by atoms with Gasteiger partial charge >= 0.3 is 0 Å². The predicted octanol–water partition coefficient (Wildman–Crippen LogP) is 11.1. The Morgan fingerprint density at radius 1 is 0.848 bits per heavy atom. The second-order valence-electron chi connectivity index (χ2n) is 12.2. The van der Waals surface area contributed by atoms with Crippen LogP contribution >= 0.6 is 0 Å². The molecular formula is C42H49N3O. The van der Waals surface area contributed by atoms with Gasteiger partial charge in [0.2, 0.25) is 0 Å². The number of fused-ring (bicyclic) bond motifs is 2. The summed E-state index contributed by atoms with van der Waals surface area (Å²) in [6.07, 6.45) is 9.80. The van der Waals surface area contributed by atoms with Crippen molar-refractivity contribution in [3.05, 3.63) is 113 Å². The molecule has 1 saturated heterocycles. The quantitative estimate of drug-likeness (QED) is 0.172. The van der Waals surface area contributed by atoms with Crippen LogP contribution in [0.15, 0.2) is 91.0 Å². The van der Waals surface area contributed by atoms with Gasteiger partial charge in [-0.3, -0.25) is 9.78 Å². The highest BCUT2D eigenvalue weighted by atomic mass is 16.2. The summed E-state index contributed by atoms with van der Waals surface area (Å²) in [4.78, 5) is 20.0. The first-order valence-corrected chi connectivity index (χ1v) is 17.1. The third kappa shape index (κ3) is 8.82. The molecule has 1 fully saturated rings. The van der Waals surface area contributed by atoms with Crippen LogP contribution in [0.3, 0.4) is 0 Å². The SMILES string of the molecule is CCC1CCCN1C(=O)c1cc(C)nc2ccc(-c3ccc(C#N)cc3)cc12.CCCCCC.CCc1ccc2ccccc2c1. The molecule has 0 aliphatic carbocycles. The van der Waals surface area contributed by atoms with E-state index in [1.54, 1.807) is 0 Å². The fraction of sp³-hybridized carbons (Fsp3) is 0.357. The Labute approximate surface area is 276 Å². The molecule has 0 spiro atoms. The first kappa shape index (κ1) is 34.4. The number of unbranched alkanes of at least 4 members (excludes halogenated alkanes) is 3. The van der Waals surface area contributed by atoms with Crippen molar-refractivity contribution >= 4 is 27.6 Å². The summed E-state index contributed by atoms with van der Waals surface area (Å²) in [6, 6.07) is 33.1. The van der Waals surface area contributed by atoms with Gasteiger partial charge in [0.25, 0.3) is 5.91 Å². The van der Waals surface area contributed by atoms with Gasteiger partial charge in [0.1, 0.15) is 0 Å². The molecule has 1 aliphatic rings. The minimum absolute atomic E-state index is 0.108. The van der Waals surface area contributed by atoms with Crippen LogP contribution in [0.25, 0.3) is 32.8 Å². The number of nitrogens with zero attached hydrogens (tertiary/aromatic N) is 3. The fourth-order valence-corrected chi connectivity index (χ4v) is 6.09. The van der Waals surface area contributed by atoms with Gasteiger partial charge in [0.15, 0.2) is 0 Å². The Morgan fingerprint density at radius 3 is 2.20 bits per heavy atom. The molecule has 0 bridgehead atoms. The Morgan fingerprint density at radius 2 is 1.54 bits per heavy atom. The molecule has 1 aromatic heterocycles. The summed E-state index contributed by atoms with van der Waals surface area (Å²) in [5, 5.41) is 12.6. The Balaban J connectivity index is 0.000000218. The number of likely N-dealkylation sites (tertiary alicyclic amines) is 1. The van der Waals surface area contributed by atoms with Crippen molar-refractivity contribution in [2.24, 2.45) is 0 Å². The topological polar surface area (TPSA) is 57.0 Å². The lowest BCUT2D eigenvalue weighted by Gasteiger charge is -2.24. The number of carbonyl (C=O) groups excluding carboxylic acids is 1. The molecule has 1 atom stereocenters. The highest BCUT2D eigenvalue weighted by Gasteiger charge is 2.29. The van der Waals surface area contributed by atoms with E-state index in [-0.39, 0.29) is 5.91 Å². The van der Waals surface area contributed by atoms with Crippen LogP contribution in [0.2, 0.25) is 0 Å². The Bertz CT molecular complexity index is 1760. The van der Waals surface area contributed by atoms with E-state index in [9.17, 15) is 4.79 Å². The molecule has 4 heteroatoms. The Kier molecular flexibility index (Phi) is 12.9. The van der Waals surface area contributed by atoms with Crippen molar-refractivity contribution in [1.29, 1.82) is 5.26 Å². The summed E-state index contributed by atoms with van der Waals surface area (Å²) >= 11 is 0. The third-order valence-corrected chi connectivity index (χ3v) is 8.80. The van der Waals surface area contributed by atoms with Crippen LogP contribution in [0.1, 0.15) is 99.8 Å². The number of rotatable bonds is 7. The molecule has 0 radical (unpaired) electrons. The molecule has 238 valence electrons. The van der Waals surface area contributed by atoms with Crippen molar-refractivity contribution < 1.29 is 4.79 Å². The van der Waals surface area contributed by atoms with Crippen LogP contribution in [0.4, 0.5) is 0 Å². The van der Waals surface area contributed by atoms with E-state index in [1.165, 1.54) is 42.0 Å². The van der Waals surface area contributed by atoms with Gasteiger partial charge < -0.3 is 4.90 Å². The molecule has 1 amide bonds. The van der Waals surface area contributed by atoms with Crippen molar-refractivity contribution in [3.63, 3.8) is 0 Å². The lowest BCUT2D eigenvalue weighted by atomic mass is 9.99. The maximum atomic E-state index is 13.4. The molecule has 5 aromatic rings. The largest absolute Gasteiger partial charge is 0.336 e. The zero-order valence-electron chi connectivity index (χ0n) is 28.4. The van der Waals surface area contributed by atoms with Gasteiger partial charge in [-0.1, -0.05) is 114 Å². The lowest BCUT2D eigenvalue weighted by Crippen LogP contribution is -2.35. The molecule has 4 nitrogen and oxygen atoms in total. The second-order valence-corrected chi connectivity index (χ2v) is 12.2. The van der Waals surface area contributed by atoms with Crippen molar-refractivity contribution in [2.75, 3.05) is 6.54 Å². The zero-order chi connectivity index (χ0) is 32.9. The molecule has 0 saturated carbocycles. The van der Waals surface area contributed by atoms with Crippen LogP contribution in [0.5, 0.6) is 0 Å². The van der Waals surface area contributed by atoms with Gasteiger partial charge in [0.05, 0.1) is 22.7 Å². The number of aryl methyl sites for hydroxylation is 2. The normalized spacial score (nSPS) is 13.8. The summed E-state index contributed by atoms with van der Waals surface area (Å²) in [5.41, 5.74) is 6.52. The highest BCUT2D eigenvalue weighted by Crippen LogP contribution is 2.30. The van der Waals surface area contributed by atoms with Gasteiger partial charge in [0, 0.05) is 23.7 Å². The number of nitriles is 1. The van der Waals surface area contributed by atoms with Gasteiger partial charge in [-0.05, 0) is 90.4 Å². The predicted molar refractivity (Wildman–Crippen MR) is 194 cm³/mol. The van der Waals surface area contributed by atoms with E-state index < -0.39 is 0 Å². The van der Waals surface area contributed by atoms with E-state index in [4.69, 9.17) is 5.26 Å². The van der Waals surface area contributed by atoms with Crippen LogP contribution in [-0.4, -0.2) is 28.4 Å². The van der Waals surface area contributed by atoms with Crippen LogP contribution in [-0.2, 0) is 6.42 Å². The van der Waals surface area contributed by atoms with Crippen LogP contribution < -0.4 is 0 Å². The third-order valence-electron chi connectivity index (χ3n) is 8.80. The maximum absolute atomic E-state index is 13.4. The minimum Gasteiger partial charge on any atom is -0.336 e. The molecule has 1 aliphatic heterocycles. The molecule has 2 heterocycles. The van der Waals surface area contributed by atoms with Crippen molar-refractivity contribution in [2.45, 2.75) is 92.0 Å². The average molecular weight is 612 g/mol. The molecule has 4 aromatic carbocycles. The van der Waals surface area contributed by atoms with E-state index in [1.807, 2.05) is 60.4 Å². The molecule has 46 heavy (non-hydrogen) atoms. The molecule has 1 unspecified atom stereocenters. The number of hydrogen-bond donors (Lipinski definition) is 0. The maximum Gasteiger partial charge on any atom is 0.254 e. The zero-order valence-corrected chi connectivity index (χ0v) is 28.4. The van der Waals surface area contributed by atoms with Crippen molar-refractivity contribution in [1.82, 2.24) is 9.88 Å². The first-order valence-electron chi connectivity index (χ1n) is 17.1. The first-order chi connectivity index (χ1) is 22.4. The van der Waals surface area contributed by atoms with Crippen LogP contribution in [0, 0.1) is 18.3 Å².